The fraction of sp³-hybridized carbons (Fsp3) is 0.280. The number of anilines is 2. The normalized spacial score (nSPS) is 13.3. The van der Waals surface area contributed by atoms with E-state index in [0.717, 1.165) is 29.5 Å². The Labute approximate surface area is 177 Å². The topological polar surface area (TPSA) is 68.5 Å². The zero-order chi connectivity index (χ0) is 21.1. The van der Waals surface area contributed by atoms with E-state index in [1.165, 1.54) is 24.0 Å². The minimum absolute atomic E-state index is 0.0465. The van der Waals surface area contributed by atoms with Crippen LogP contribution < -0.4 is 15.4 Å². The second-order valence-electron chi connectivity index (χ2n) is 7.64. The number of pyridine rings is 1. The monoisotopic (exact) mass is 401 g/mol. The molecule has 1 amide bonds. The molecule has 0 radical (unpaired) electrons. The Hall–Kier alpha value is -3.34. The molecule has 30 heavy (non-hydrogen) atoms. The van der Waals surface area contributed by atoms with Gasteiger partial charge in [0.05, 0.1) is 7.11 Å². The van der Waals surface area contributed by atoms with Gasteiger partial charge in [-0.1, -0.05) is 49.7 Å². The number of carbonyl (C=O) groups excluding carboxylic acids is 1. The summed E-state index contributed by atoms with van der Waals surface area (Å²) in [7, 11) is 1.55. The molecule has 0 fully saturated rings. The Bertz CT molecular complexity index is 1060. The highest BCUT2D eigenvalue weighted by molar-refractivity contribution is 6.08. The predicted molar refractivity (Wildman–Crippen MR) is 121 cm³/mol. The summed E-state index contributed by atoms with van der Waals surface area (Å²) in [6.45, 7) is 2.79. The maximum atomic E-state index is 13.1. The number of hydrogen-bond donors (Lipinski definition) is 1. The van der Waals surface area contributed by atoms with Crippen molar-refractivity contribution in [2.75, 3.05) is 24.3 Å². The number of ether oxygens (including phenoxy) is 1. The summed E-state index contributed by atoms with van der Waals surface area (Å²) in [5, 5.41) is 0. The Balaban J connectivity index is 1.56. The highest BCUT2D eigenvalue weighted by Crippen LogP contribution is 2.30. The van der Waals surface area contributed by atoms with Crippen molar-refractivity contribution in [1.29, 1.82) is 0 Å². The molecule has 1 aromatic heterocycles. The van der Waals surface area contributed by atoms with Gasteiger partial charge in [0.1, 0.15) is 5.82 Å². The molecule has 1 aliphatic heterocycles. The number of amides is 1. The molecule has 0 saturated heterocycles. The van der Waals surface area contributed by atoms with Crippen molar-refractivity contribution >= 4 is 17.5 Å². The number of hydrogen-bond acceptors (Lipinski definition) is 4. The zero-order valence-electron chi connectivity index (χ0n) is 17.5. The molecular weight excluding hydrogens is 374 g/mol. The Kier molecular flexibility index (Phi) is 5.70. The largest absolute Gasteiger partial charge is 0.493 e. The third-order valence-corrected chi connectivity index (χ3v) is 5.66. The van der Waals surface area contributed by atoms with E-state index in [2.05, 4.69) is 42.2 Å². The number of aryl methyl sites for hydroxylation is 1. The van der Waals surface area contributed by atoms with Crippen LogP contribution in [0.5, 0.6) is 5.75 Å². The van der Waals surface area contributed by atoms with Crippen molar-refractivity contribution in [2.24, 2.45) is 0 Å². The number of benzene rings is 2. The maximum Gasteiger partial charge on any atom is 0.259 e. The van der Waals surface area contributed by atoms with E-state index >= 15 is 0 Å². The van der Waals surface area contributed by atoms with Gasteiger partial charge >= 0.3 is 0 Å². The molecule has 0 unspecified atom stereocenters. The predicted octanol–water partition coefficient (Wildman–Crippen LogP) is 4.88. The van der Waals surface area contributed by atoms with E-state index in [1.807, 2.05) is 12.1 Å². The van der Waals surface area contributed by atoms with Gasteiger partial charge in [-0.05, 0) is 59.7 Å². The van der Waals surface area contributed by atoms with E-state index in [9.17, 15) is 4.79 Å². The lowest BCUT2D eigenvalue weighted by Gasteiger charge is -2.28. The average Bonchev–Trinajstić information content (AvgIpc) is 2.78. The number of methoxy groups -OCH3 is 1. The van der Waals surface area contributed by atoms with Crippen molar-refractivity contribution in [3.63, 3.8) is 0 Å². The summed E-state index contributed by atoms with van der Waals surface area (Å²) in [5.74, 6) is 1.30. The van der Waals surface area contributed by atoms with E-state index < -0.39 is 0 Å². The summed E-state index contributed by atoms with van der Waals surface area (Å²) >= 11 is 0. The molecule has 0 aliphatic carbocycles. The van der Waals surface area contributed by atoms with E-state index in [-0.39, 0.29) is 11.7 Å². The van der Waals surface area contributed by atoms with Crippen LogP contribution in [-0.2, 0) is 12.8 Å². The van der Waals surface area contributed by atoms with Gasteiger partial charge in [0.25, 0.3) is 5.91 Å². The first-order chi connectivity index (χ1) is 14.6. The molecule has 154 valence electrons. The molecule has 0 bridgehead atoms. The number of unbranched alkanes of at least 4 members (excludes halogenated alkanes) is 1. The van der Waals surface area contributed by atoms with Gasteiger partial charge in [-0.25, -0.2) is 4.98 Å². The van der Waals surface area contributed by atoms with Crippen LogP contribution in [0.1, 0.15) is 41.3 Å². The minimum Gasteiger partial charge on any atom is -0.493 e. The van der Waals surface area contributed by atoms with Crippen LogP contribution in [-0.4, -0.2) is 24.5 Å². The van der Waals surface area contributed by atoms with Gasteiger partial charge in [-0.2, -0.15) is 0 Å². The van der Waals surface area contributed by atoms with E-state index in [1.54, 1.807) is 24.1 Å². The van der Waals surface area contributed by atoms with Gasteiger partial charge in [0.15, 0.2) is 11.6 Å². The molecule has 1 aliphatic rings. The number of rotatable bonds is 6. The number of nitrogens with two attached hydrogens (primary N) is 1. The first-order valence-corrected chi connectivity index (χ1v) is 10.5. The van der Waals surface area contributed by atoms with Gasteiger partial charge < -0.3 is 10.5 Å². The third kappa shape index (κ3) is 3.88. The zero-order valence-corrected chi connectivity index (χ0v) is 17.5. The van der Waals surface area contributed by atoms with E-state index in [4.69, 9.17) is 10.5 Å². The van der Waals surface area contributed by atoms with Gasteiger partial charge in [0.2, 0.25) is 0 Å². The number of carbonyl (C=O) groups is 1. The van der Waals surface area contributed by atoms with Crippen LogP contribution in [0.2, 0.25) is 0 Å². The second kappa shape index (κ2) is 8.57. The smallest absolute Gasteiger partial charge is 0.259 e. The van der Waals surface area contributed by atoms with Crippen molar-refractivity contribution in [1.82, 2.24) is 4.98 Å². The first kappa shape index (κ1) is 20.0. The van der Waals surface area contributed by atoms with Gasteiger partial charge in [-0.15, -0.1) is 0 Å². The number of nitrogens with zero attached hydrogens (tertiary/aromatic N) is 2. The summed E-state index contributed by atoms with van der Waals surface area (Å²) in [4.78, 5) is 19.1. The van der Waals surface area contributed by atoms with Crippen molar-refractivity contribution in [3.8, 4) is 16.9 Å². The molecule has 4 rings (SSSR count). The van der Waals surface area contributed by atoms with Crippen LogP contribution >= 0.6 is 0 Å². The number of nitrogen functional groups attached to an aromatic ring is 1. The fourth-order valence-corrected chi connectivity index (χ4v) is 3.91. The van der Waals surface area contributed by atoms with Gasteiger partial charge in [-0.3, -0.25) is 9.69 Å². The molecule has 2 aromatic carbocycles. The Morgan fingerprint density at radius 1 is 1.07 bits per heavy atom. The lowest BCUT2D eigenvalue weighted by Crippen LogP contribution is -2.38. The molecular formula is C25H27N3O2. The van der Waals surface area contributed by atoms with Crippen LogP contribution in [0.3, 0.4) is 0 Å². The first-order valence-electron chi connectivity index (χ1n) is 10.5. The van der Waals surface area contributed by atoms with Gasteiger partial charge in [0, 0.05) is 12.1 Å². The summed E-state index contributed by atoms with van der Waals surface area (Å²) in [6.07, 6.45) is 4.31. The number of aromatic nitrogens is 1. The molecule has 5 nitrogen and oxygen atoms in total. The average molecular weight is 402 g/mol. The molecule has 5 heteroatoms. The Morgan fingerprint density at radius 2 is 1.83 bits per heavy atom. The maximum absolute atomic E-state index is 13.1. The highest BCUT2D eigenvalue weighted by Gasteiger charge is 2.27. The standard InChI is InChI=1S/C25H27N3O2/c1-3-4-5-17-6-8-18(9-7-17)19-10-11-21-20(16-19)14-15-28(25(21)29)23-13-12-22(30-2)24(26)27-23/h6-13,16H,3-5,14-15H2,1-2H3,(H2,26,27). The third-order valence-electron chi connectivity index (χ3n) is 5.66. The second-order valence-corrected chi connectivity index (χ2v) is 7.64. The Morgan fingerprint density at radius 3 is 2.53 bits per heavy atom. The minimum atomic E-state index is -0.0465. The van der Waals surface area contributed by atoms with E-state index in [0.29, 0.717) is 18.1 Å². The van der Waals surface area contributed by atoms with Crippen LogP contribution in [0.4, 0.5) is 11.6 Å². The number of fused-ring (bicyclic) bond motifs is 1. The molecule has 2 heterocycles. The van der Waals surface area contributed by atoms with Crippen molar-refractivity contribution < 1.29 is 9.53 Å². The van der Waals surface area contributed by atoms with Crippen LogP contribution in [0, 0.1) is 0 Å². The van der Waals surface area contributed by atoms with Crippen molar-refractivity contribution in [3.05, 3.63) is 71.3 Å². The van der Waals surface area contributed by atoms with Crippen LogP contribution in [0.15, 0.2) is 54.6 Å². The molecule has 0 saturated carbocycles. The quantitative estimate of drug-likeness (QED) is 0.639. The molecule has 0 spiro atoms. The summed E-state index contributed by atoms with van der Waals surface area (Å²) in [6, 6.07) is 18.4. The summed E-state index contributed by atoms with van der Waals surface area (Å²) < 4.78 is 5.16. The van der Waals surface area contributed by atoms with Crippen molar-refractivity contribution in [2.45, 2.75) is 32.6 Å². The van der Waals surface area contributed by atoms with Crippen LogP contribution in [0.25, 0.3) is 11.1 Å². The SMILES string of the molecule is CCCCc1ccc(-c2ccc3c(c2)CCN(c2ccc(OC)c(N)n2)C3=O)cc1. The lowest BCUT2D eigenvalue weighted by molar-refractivity contribution is 0.0980. The molecule has 0 atom stereocenters. The molecule has 2 N–H and O–H groups in total. The lowest BCUT2D eigenvalue weighted by atomic mass is 9.93. The highest BCUT2D eigenvalue weighted by atomic mass is 16.5. The summed E-state index contributed by atoms with van der Waals surface area (Å²) in [5.41, 5.74) is 11.4. The molecule has 3 aromatic rings. The fourth-order valence-electron chi connectivity index (χ4n) is 3.91.